The van der Waals surface area contributed by atoms with Gasteiger partial charge in [0.2, 0.25) is 5.91 Å². The fourth-order valence-corrected chi connectivity index (χ4v) is 2.50. The van der Waals surface area contributed by atoms with Crippen molar-refractivity contribution in [3.8, 4) is 0 Å². The number of nitrogens with one attached hydrogen (secondary N) is 2. The van der Waals surface area contributed by atoms with Crippen molar-refractivity contribution in [3.05, 3.63) is 0 Å². The largest absolute Gasteiger partial charge is 0.480 e. The van der Waals surface area contributed by atoms with E-state index in [0.717, 1.165) is 18.8 Å². The van der Waals surface area contributed by atoms with Crippen LogP contribution in [-0.2, 0) is 9.59 Å². The summed E-state index contributed by atoms with van der Waals surface area (Å²) in [4.78, 5) is 21.8. The molecule has 0 spiro atoms. The predicted molar refractivity (Wildman–Crippen MR) is 69.3 cm³/mol. The van der Waals surface area contributed by atoms with E-state index in [1.165, 1.54) is 26.2 Å². The van der Waals surface area contributed by atoms with Gasteiger partial charge >= 0.3 is 5.97 Å². The van der Waals surface area contributed by atoms with Crippen LogP contribution in [0.15, 0.2) is 0 Å². The summed E-state index contributed by atoms with van der Waals surface area (Å²) in [5.74, 6) is -0.465. The standard InChI is InChI=1S/C13H24N2O3/c1-3-10-4-6-11(7-5-10)14-8-12(13(17)18)15-9(2)16/h10-12,14H,3-8H2,1-2H3,(H,15,16)(H,17,18). The lowest BCUT2D eigenvalue weighted by atomic mass is 9.84. The zero-order valence-electron chi connectivity index (χ0n) is 11.2. The van der Waals surface area contributed by atoms with E-state index in [-0.39, 0.29) is 5.91 Å². The molecule has 1 atom stereocenters. The number of aliphatic carboxylic acids is 1. The molecule has 1 fully saturated rings. The Hall–Kier alpha value is -1.10. The van der Waals surface area contributed by atoms with Crippen LogP contribution in [0.2, 0.25) is 0 Å². The first kappa shape index (κ1) is 15.0. The van der Waals surface area contributed by atoms with Crippen molar-refractivity contribution in [2.45, 2.75) is 58.0 Å². The fraction of sp³-hybridized carbons (Fsp3) is 0.846. The molecule has 0 aliphatic heterocycles. The van der Waals surface area contributed by atoms with Gasteiger partial charge in [-0.15, -0.1) is 0 Å². The molecule has 0 aromatic rings. The lowest BCUT2D eigenvalue weighted by molar-refractivity contribution is -0.141. The number of amides is 1. The molecule has 5 heteroatoms. The first-order valence-corrected chi connectivity index (χ1v) is 6.76. The van der Waals surface area contributed by atoms with Crippen molar-refractivity contribution >= 4 is 11.9 Å². The maximum atomic E-state index is 11.0. The van der Waals surface area contributed by atoms with Crippen molar-refractivity contribution in [2.75, 3.05) is 6.54 Å². The number of carbonyl (C=O) groups excluding carboxylic acids is 1. The summed E-state index contributed by atoms with van der Waals surface area (Å²) >= 11 is 0. The van der Waals surface area contributed by atoms with Gasteiger partial charge in [0.05, 0.1) is 0 Å². The highest BCUT2D eigenvalue weighted by atomic mass is 16.4. The van der Waals surface area contributed by atoms with Crippen molar-refractivity contribution in [1.82, 2.24) is 10.6 Å². The Kier molecular flexibility index (Phi) is 6.12. The van der Waals surface area contributed by atoms with Crippen molar-refractivity contribution < 1.29 is 14.7 Å². The van der Waals surface area contributed by atoms with E-state index in [1.807, 2.05) is 0 Å². The first-order valence-electron chi connectivity index (χ1n) is 6.76. The van der Waals surface area contributed by atoms with E-state index in [4.69, 9.17) is 5.11 Å². The van der Waals surface area contributed by atoms with E-state index in [0.29, 0.717) is 12.6 Å². The second kappa shape index (κ2) is 7.36. The fourth-order valence-electron chi connectivity index (χ4n) is 2.50. The van der Waals surface area contributed by atoms with Gasteiger partial charge in [0.25, 0.3) is 0 Å². The van der Waals surface area contributed by atoms with Crippen molar-refractivity contribution in [2.24, 2.45) is 5.92 Å². The Morgan fingerprint density at radius 2 is 1.89 bits per heavy atom. The lowest BCUT2D eigenvalue weighted by Gasteiger charge is -2.29. The maximum Gasteiger partial charge on any atom is 0.327 e. The van der Waals surface area contributed by atoms with E-state index >= 15 is 0 Å². The molecule has 0 aromatic heterocycles. The normalized spacial score (nSPS) is 25.4. The molecule has 0 aromatic carbocycles. The van der Waals surface area contributed by atoms with Gasteiger partial charge in [-0.1, -0.05) is 13.3 Å². The van der Waals surface area contributed by atoms with Gasteiger partial charge < -0.3 is 15.7 Å². The highest BCUT2D eigenvalue weighted by Crippen LogP contribution is 2.26. The number of hydrogen-bond donors (Lipinski definition) is 3. The van der Waals surface area contributed by atoms with Crippen LogP contribution in [0.4, 0.5) is 0 Å². The predicted octanol–water partition coefficient (Wildman–Crippen LogP) is 1.13. The van der Waals surface area contributed by atoms with Gasteiger partial charge in [0, 0.05) is 19.5 Å². The van der Waals surface area contributed by atoms with Crippen molar-refractivity contribution in [3.63, 3.8) is 0 Å². The van der Waals surface area contributed by atoms with Crippen LogP contribution in [0.1, 0.15) is 46.0 Å². The average Bonchev–Trinajstić information content (AvgIpc) is 2.34. The van der Waals surface area contributed by atoms with Crippen LogP contribution in [0.5, 0.6) is 0 Å². The molecular formula is C13H24N2O3. The molecule has 3 N–H and O–H groups in total. The van der Waals surface area contributed by atoms with Gasteiger partial charge in [-0.3, -0.25) is 4.79 Å². The number of carboxylic acid groups (broad SMARTS) is 1. The van der Waals surface area contributed by atoms with Gasteiger partial charge in [-0.2, -0.15) is 0 Å². The zero-order chi connectivity index (χ0) is 13.5. The number of rotatable bonds is 6. The van der Waals surface area contributed by atoms with Gasteiger partial charge in [-0.05, 0) is 31.6 Å². The summed E-state index contributed by atoms with van der Waals surface area (Å²) in [5, 5.41) is 14.7. The summed E-state index contributed by atoms with van der Waals surface area (Å²) in [7, 11) is 0. The van der Waals surface area contributed by atoms with Crippen LogP contribution >= 0.6 is 0 Å². The molecule has 1 saturated carbocycles. The monoisotopic (exact) mass is 256 g/mol. The zero-order valence-corrected chi connectivity index (χ0v) is 11.2. The Labute approximate surface area is 108 Å². The molecule has 104 valence electrons. The quantitative estimate of drug-likeness (QED) is 0.666. The summed E-state index contributed by atoms with van der Waals surface area (Å²) in [6.45, 7) is 3.86. The minimum atomic E-state index is -0.986. The Morgan fingerprint density at radius 3 is 2.33 bits per heavy atom. The number of carbonyl (C=O) groups is 2. The minimum Gasteiger partial charge on any atom is -0.480 e. The SMILES string of the molecule is CCC1CCC(NCC(NC(C)=O)C(=O)O)CC1. The topological polar surface area (TPSA) is 78.4 Å². The third kappa shape index (κ3) is 5.04. The Bertz CT molecular complexity index is 286. The van der Waals surface area contributed by atoms with Gasteiger partial charge in [0.1, 0.15) is 6.04 Å². The van der Waals surface area contributed by atoms with Crippen LogP contribution in [0, 0.1) is 5.92 Å². The van der Waals surface area contributed by atoms with Crippen LogP contribution in [0.3, 0.4) is 0 Å². The van der Waals surface area contributed by atoms with Crippen LogP contribution < -0.4 is 10.6 Å². The van der Waals surface area contributed by atoms with Crippen LogP contribution in [0.25, 0.3) is 0 Å². The van der Waals surface area contributed by atoms with Crippen molar-refractivity contribution in [1.29, 1.82) is 0 Å². The average molecular weight is 256 g/mol. The summed E-state index contributed by atoms with van der Waals surface area (Å²) in [6, 6.07) is -0.435. The summed E-state index contributed by atoms with van der Waals surface area (Å²) in [6.07, 6.45) is 5.87. The molecule has 0 radical (unpaired) electrons. The molecule has 1 rings (SSSR count). The second-order valence-electron chi connectivity index (χ2n) is 5.13. The molecular weight excluding hydrogens is 232 g/mol. The maximum absolute atomic E-state index is 11.0. The molecule has 1 unspecified atom stereocenters. The second-order valence-corrected chi connectivity index (χ2v) is 5.13. The third-order valence-corrected chi connectivity index (χ3v) is 3.71. The first-order chi connectivity index (χ1) is 8.52. The Morgan fingerprint density at radius 1 is 1.28 bits per heavy atom. The molecule has 1 amide bonds. The third-order valence-electron chi connectivity index (χ3n) is 3.71. The smallest absolute Gasteiger partial charge is 0.327 e. The minimum absolute atomic E-state index is 0.302. The highest BCUT2D eigenvalue weighted by Gasteiger charge is 2.23. The molecule has 18 heavy (non-hydrogen) atoms. The van der Waals surface area contributed by atoms with Gasteiger partial charge in [0.15, 0.2) is 0 Å². The molecule has 0 heterocycles. The number of hydrogen-bond acceptors (Lipinski definition) is 3. The summed E-state index contributed by atoms with van der Waals surface area (Å²) < 4.78 is 0. The van der Waals surface area contributed by atoms with E-state index < -0.39 is 12.0 Å². The molecule has 0 saturated heterocycles. The van der Waals surface area contributed by atoms with E-state index in [2.05, 4.69) is 17.6 Å². The lowest BCUT2D eigenvalue weighted by Crippen LogP contribution is -2.49. The number of carboxylic acids is 1. The molecule has 1 aliphatic rings. The molecule has 5 nitrogen and oxygen atoms in total. The molecule has 1 aliphatic carbocycles. The van der Waals surface area contributed by atoms with E-state index in [1.54, 1.807) is 0 Å². The molecule has 0 bridgehead atoms. The van der Waals surface area contributed by atoms with Gasteiger partial charge in [-0.25, -0.2) is 4.79 Å². The Balaban J connectivity index is 2.30. The summed E-state index contributed by atoms with van der Waals surface area (Å²) in [5.41, 5.74) is 0. The van der Waals surface area contributed by atoms with Crippen LogP contribution in [-0.4, -0.2) is 35.6 Å². The van der Waals surface area contributed by atoms with E-state index in [9.17, 15) is 9.59 Å². The highest BCUT2D eigenvalue weighted by molar-refractivity contribution is 5.82.